The fourth-order valence-corrected chi connectivity index (χ4v) is 2.35. The molecular formula is C12H14ClNO2. The largest absolute Gasteiger partial charge is 0.478 e. The number of hydrogen-bond donors (Lipinski definition) is 1. The van der Waals surface area contributed by atoms with Crippen molar-refractivity contribution in [3.05, 3.63) is 28.8 Å². The first kappa shape index (κ1) is 11.3. The molecule has 0 spiro atoms. The molecule has 1 N–H and O–H groups in total. The lowest BCUT2D eigenvalue weighted by molar-refractivity contribution is 0.0697. The molecule has 86 valence electrons. The molecule has 0 radical (unpaired) electrons. The molecule has 1 aliphatic heterocycles. The van der Waals surface area contributed by atoms with E-state index in [4.69, 9.17) is 16.7 Å². The van der Waals surface area contributed by atoms with Crippen LogP contribution in [0.15, 0.2) is 18.2 Å². The van der Waals surface area contributed by atoms with Crippen molar-refractivity contribution in [2.24, 2.45) is 5.41 Å². The Morgan fingerprint density at radius 2 is 2.06 bits per heavy atom. The smallest absolute Gasteiger partial charge is 0.335 e. The number of hydrogen-bond acceptors (Lipinski definition) is 2. The molecule has 1 aromatic carbocycles. The topological polar surface area (TPSA) is 40.5 Å². The second-order valence-corrected chi connectivity index (χ2v) is 5.40. The molecule has 0 saturated carbocycles. The van der Waals surface area contributed by atoms with Crippen LogP contribution in [0.5, 0.6) is 0 Å². The molecule has 1 aromatic rings. The van der Waals surface area contributed by atoms with Gasteiger partial charge < -0.3 is 10.0 Å². The van der Waals surface area contributed by atoms with Gasteiger partial charge in [-0.25, -0.2) is 4.79 Å². The molecule has 0 bridgehead atoms. The van der Waals surface area contributed by atoms with E-state index in [0.717, 1.165) is 18.8 Å². The van der Waals surface area contributed by atoms with Crippen LogP contribution in [0, 0.1) is 5.41 Å². The van der Waals surface area contributed by atoms with Gasteiger partial charge in [-0.2, -0.15) is 0 Å². The van der Waals surface area contributed by atoms with Gasteiger partial charge in [-0.3, -0.25) is 0 Å². The maximum atomic E-state index is 10.7. The highest BCUT2D eigenvalue weighted by molar-refractivity contribution is 6.33. The molecule has 4 heteroatoms. The Morgan fingerprint density at radius 3 is 2.50 bits per heavy atom. The van der Waals surface area contributed by atoms with Gasteiger partial charge in [-0.15, -0.1) is 0 Å². The first-order chi connectivity index (χ1) is 7.39. The second kappa shape index (κ2) is 3.67. The summed E-state index contributed by atoms with van der Waals surface area (Å²) in [5.41, 5.74) is 1.48. The summed E-state index contributed by atoms with van der Waals surface area (Å²) in [5, 5.41) is 9.33. The van der Waals surface area contributed by atoms with E-state index in [2.05, 4.69) is 18.7 Å². The van der Waals surface area contributed by atoms with Crippen LogP contribution in [-0.2, 0) is 0 Å². The third-order valence-electron chi connectivity index (χ3n) is 2.77. The first-order valence-corrected chi connectivity index (χ1v) is 5.55. The Labute approximate surface area is 99.6 Å². The molecule has 0 amide bonds. The van der Waals surface area contributed by atoms with Crippen LogP contribution < -0.4 is 4.90 Å². The van der Waals surface area contributed by atoms with Crippen molar-refractivity contribution in [3.63, 3.8) is 0 Å². The van der Waals surface area contributed by atoms with E-state index in [1.54, 1.807) is 12.1 Å². The molecule has 0 aromatic heterocycles. The summed E-state index contributed by atoms with van der Waals surface area (Å²) in [7, 11) is 0. The molecule has 3 nitrogen and oxygen atoms in total. The summed E-state index contributed by atoms with van der Waals surface area (Å²) < 4.78 is 0. The van der Waals surface area contributed by atoms with E-state index in [1.165, 1.54) is 6.07 Å². The van der Waals surface area contributed by atoms with E-state index in [1.807, 2.05) is 0 Å². The van der Waals surface area contributed by atoms with Crippen molar-refractivity contribution >= 4 is 23.3 Å². The highest BCUT2D eigenvalue weighted by atomic mass is 35.5. The van der Waals surface area contributed by atoms with E-state index in [9.17, 15) is 4.79 Å². The number of carboxylic acids is 1. The fraction of sp³-hybridized carbons (Fsp3) is 0.417. The standard InChI is InChI=1S/C12H14ClNO2/c1-12(2)6-14(7-12)10-4-3-8(11(15)16)5-9(10)13/h3-5H,6-7H2,1-2H3,(H,15,16). The lowest BCUT2D eigenvalue weighted by Gasteiger charge is -2.47. The summed E-state index contributed by atoms with van der Waals surface area (Å²) in [6, 6.07) is 4.88. The van der Waals surface area contributed by atoms with Crippen LogP contribution >= 0.6 is 11.6 Å². The first-order valence-electron chi connectivity index (χ1n) is 5.17. The molecule has 0 atom stereocenters. The summed E-state index contributed by atoms with van der Waals surface area (Å²) in [6.45, 7) is 6.31. The van der Waals surface area contributed by atoms with Gasteiger partial charge in [-0.1, -0.05) is 25.4 Å². The maximum absolute atomic E-state index is 10.7. The predicted octanol–water partition coefficient (Wildman–Crippen LogP) is 2.88. The number of benzene rings is 1. The van der Waals surface area contributed by atoms with Crippen molar-refractivity contribution in [2.45, 2.75) is 13.8 Å². The highest BCUT2D eigenvalue weighted by Gasteiger charge is 2.35. The van der Waals surface area contributed by atoms with Gasteiger partial charge in [0.15, 0.2) is 0 Å². The highest BCUT2D eigenvalue weighted by Crippen LogP contribution is 2.37. The van der Waals surface area contributed by atoms with Crippen molar-refractivity contribution in [2.75, 3.05) is 18.0 Å². The van der Waals surface area contributed by atoms with Gasteiger partial charge in [0, 0.05) is 13.1 Å². The van der Waals surface area contributed by atoms with Crippen LogP contribution in [0.2, 0.25) is 5.02 Å². The van der Waals surface area contributed by atoms with Crippen LogP contribution in [0.1, 0.15) is 24.2 Å². The Morgan fingerprint density at radius 1 is 1.44 bits per heavy atom. The summed E-state index contributed by atoms with van der Waals surface area (Å²) in [4.78, 5) is 12.9. The van der Waals surface area contributed by atoms with Gasteiger partial charge in [0.05, 0.1) is 16.3 Å². The summed E-state index contributed by atoms with van der Waals surface area (Å²) in [6.07, 6.45) is 0. The maximum Gasteiger partial charge on any atom is 0.335 e. The van der Waals surface area contributed by atoms with Crippen LogP contribution in [0.4, 0.5) is 5.69 Å². The van der Waals surface area contributed by atoms with Gasteiger partial charge >= 0.3 is 5.97 Å². The summed E-state index contributed by atoms with van der Waals surface area (Å²) >= 11 is 6.07. The van der Waals surface area contributed by atoms with Crippen molar-refractivity contribution in [3.8, 4) is 0 Å². The zero-order chi connectivity index (χ0) is 11.9. The molecule has 2 rings (SSSR count). The molecule has 1 saturated heterocycles. The minimum atomic E-state index is -0.947. The number of rotatable bonds is 2. The van der Waals surface area contributed by atoms with E-state index in [0.29, 0.717) is 10.4 Å². The number of nitrogens with zero attached hydrogens (tertiary/aromatic N) is 1. The Balaban J connectivity index is 2.21. The van der Waals surface area contributed by atoms with Crippen molar-refractivity contribution < 1.29 is 9.90 Å². The van der Waals surface area contributed by atoms with Gasteiger partial charge in [-0.05, 0) is 23.6 Å². The molecule has 1 aliphatic rings. The SMILES string of the molecule is CC1(C)CN(c2ccc(C(=O)O)cc2Cl)C1. The molecule has 16 heavy (non-hydrogen) atoms. The minimum absolute atomic E-state index is 0.230. The van der Waals surface area contributed by atoms with Crippen LogP contribution in [0.25, 0.3) is 0 Å². The number of aromatic carboxylic acids is 1. The monoisotopic (exact) mass is 239 g/mol. The molecule has 1 heterocycles. The van der Waals surface area contributed by atoms with E-state index in [-0.39, 0.29) is 5.56 Å². The number of carboxylic acid groups (broad SMARTS) is 1. The second-order valence-electron chi connectivity index (χ2n) is 4.99. The average Bonchev–Trinajstić information content (AvgIpc) is 2.13. The lowest BCUT2D eigenvalue weighted by atomic mass is 9.84. The predicted molar refractivity (Wildman–Crippen MR) is 64.4 cm³/mol. The molecule has 1 fully saturated rings. The van der Waals surface area contributed by atoms with Gasteiger partial charge in [0.2, 0.25) is 0 Å². The van der Waals surface area contributed by atoms with E-state index >= 15 is 0 Å². The quantitative estimate of drug-likeness (QED) is 0.863. The number of halogens is 1. The average molecular weight is 240 g/mol. The molecular weight excluding hydrogens is 226 g/mol. The zero-order valence-corrected chi connectivity index (χ0v) is 10.1. The third kappa shape index (κ3) is 2.00. The Bertz CT molecular complexity index is 435. The van der Waals surface area contributed by atoms with Crippen molar-refractivity contribution in [1.82, 2.24) is 0 Å². The van der Waals surface area contributed by atoms with Crippen LogP contribution in [0.3, 0.4) is 0 Å². The molecule has 0 unspecified atom stereocenters. The molecule has 0 aliphatic carbocycles. The normalized spacial score (nSPS) is 18.1. The fourth-order valence-electron chi connectivity index (χ4n) is 2.05. The third-order valence-corrected chi connectivity index (χ3v) is 3.08. The number of anilines is 1. The Hall–Kier alpha value is -1.22. The zero-order valence-electron chi connectivity index (χ0n) is 9.33. The minimum Gasteiger partial charge on any atom is -0.478 e. The van der Waals surface area contributed by atoms with Gasteiger partial charge in [0.1, 0.15) is 0 Å². The number of carbonyl (C=O) groups is 1. The summed E-state index contributed by atoms with van der Waals surface area (Å²) in [5.74, 6) is -0.947. The Kier molecular flexibility index (Phi) is 2.58. The lowest BCUT2D eigenvalue weighted by Crippen LogP contribution is -2.53. The van der Waals surface area contributed by atoms with Crippen molar-refractivity contribution in [1.29, 1.82) is 0 Å². The van der Waals surface area contributed by atoms with E-state index < -0.39 is 5.97 Å². The van der Waals surface area contributed by atoms with Crippen LogP contribution in [-0.4, -0.2) is 24.2 Å². The van der Waals surface area contributed by atoms with Gasteiger partial charge in [0.25, 0.3) is 0 Å².